The second kappa shape index (κ2) is 16.2. The van der Waals surface area contributed by atoms with Gasteiger partial charge in [-0.05, 0) is 162 Å². The molecule has 8 saturated carbocycles. The largest absolute Gasteiger partial charge is 0.489 e. The number of nitrogens with zero attached hydrogens (tertiary/aromatic N) is 2. The Morgan fingerprint density at radius 1 is 0.569 bits per heavy atom. The molecular weight excluding hydrogens is 729 g/mol. The van der Waals surface area contributed by atoms with Gasteiger partial charge in [0.2, 0.25) is 0 Å². The van der Waals surface area contributed by atoms with Crippen LogP contribution in [-0.2, 0) is 19.1 Å². The fourth-order valence-electron chi connectivity index (χ4n) is 13.8. The van der Waals surface area contributed by atoms with E-state index in [4.69, 9.17) is 18.9 Å². The summed E-state index contributed by atoms with van der Waals surface area (Å²) in [5.74, 6) is 7.17. The average Bonchev–Trinajstić information content (AvgIpc) is 3.88. The van der Waals surface area contributed by atoms with Crippen LogP contribution in [0.1, 0.15) is 77.0 Å². The van der Waals surface area contributed by atoms with Gasteiger partial charge in [-0.1, -0.05) is 12.1 Å². The van der Waals surface area contributed by atoms with Crippen LogP contribution < -0.4 is 9.47 Å². The van der Waals surface area contributed by atoms with Crippen molar-refractivity contribution in [2.75, 3.05) is 40.4 Å². The Hall–Kier alpha value is -4.02. The van der Waals surface area contributed by atoms with Crippen LogP contribution in [0.15, 0.2) is 60.9 Å². The first-order chi connectivity index (χ1) is 28.3. The molecule has 12 rings (SSSR count). The van der Waals surface area contributed by atoms with E-state index >= 15 is 0 Å². The number of likely N-dealkylation sites (N-methyl/N-ethyl adjacent to an activating group) is 2. The van der Waals surface area contributed by atoms with Crippen molar-refractivity contribution in [3.63, 3.8) is 0 Å². The van der Waals surface area contributed by atoms with E-state index in [2.05, 4.69) is 33.9 Å². The fraction of sp³-hybridized carbons (Fsp3) is 0.625. The highest BCUT2D eigenvalue weighted by molar-refractivity contribution is 5.86. The highest BCUT2D eigenvalue weighted by Gasteiger charge is 2.51. The first-order valence-corrected chi connectivity index (χ1v) is 22.5. The van der Waals surface area contributed by atoms with Gasteiger partial charge in [-0.2, -0.15) is 0 Å². The standard InChI is InChI=1S/C48H62N4O6/c1-51(47-33-17-29-15-30(19-33)20-34(47)18-29)25-37(27-55-43-7-3-5-41-39(43)11-13-49-41)57-45(53)9-10-46(54)58-38(28-56-44-8-4-6-42-40(44)12-14-50-42)26-52(2)48-35-21-31-16-32(23-35)24-36(48)22-31/h3-8,11-14,29-38,47-50H,9-10,15-28H2,1-2H3/t29?,30?,31?,32?,33?,34?,35?,36?,37-,38-,47?,48?/m0/s1. The third-order valence-corrected chi connectivity index (χ3v) is 15.4. The van der Waals surface area contributed by atoms with E-state index in [1.165, 1.54) is 64.2 Å². The molecule has 8 aliphatic carbocycles. The quantitative estimate of drug-likeness (QED) is 0.103. The van der Waals surface area contributed by atoms with Crippen LogP contribution >= 0.6 is 0 Å². The van der Waals surface area contributed by atoms with E-state index < -0.39 is 24.1 Å². The molecule has 2 aromatic carbocycles. The number of benzene rings is 2. The van der Waals surface area contributed by atoms with E-state index in [9.17, 15) is 9.59 Å². The number of esters is 2. The zero-order valence-corrected chi connectivity index (χ0v) is 34.4. The number of aromatic nitrogens is 2. The Labute approximate surface area is 342 Å². The number of fused-ring (bicyclic) bond motifs is 2. The Morgan fingerprint density at radius 3 is 1.33 bits per heavy atom. The summed E-state index contributed by atoms with van der Waals surface area (Å²) in [6.07, 6.45) is 16.2. The van der Waals surface area contributed by atoms with Gasteiger partial charge in [-0.15, -0.1) is 0 Å². The summed E-state index contributed by atoms with van der Waals surface area (Å²) >= 11 is 0. The molecule has 10 nitrogen and oxygen atoms in total. The van der Waals surface area contributed by atoms with Crippen LogP contribution in [0.25, 0.3) is 21.8 Å². The lowest BCUT2D eigenvalue weighted by Gasteiger charge is -2.57. The molecule has 0 amide bonds. The van der Waals surface area contributed by atoms with E-state index in [0.29, 0.717) is 25.2 Å². The van der Waals surface area contributed by atoms with E-state index in [1.807, 2.05) is 60.9 Å². The maximum absolute atomic E-state index is 13.6. The van der Waals surface area contributed by atoms with Crippen LogP contribution in [0.2, 0.25) is 0 Å². The van der Waals surface area contributed by atoms with Crippen LogP contribution in [0, 0.1) is 47.3 Å². The summed E-state index contributed by atoms with van der Waals surface area (Å²) in [4.78, 5) is 38.7. The van der Waals surface area contributed by atoms with Gasteiger partial charge in [0.05, 0.1) is 12.8 Å². The summed E-state index contributed by atoms with van der Waals surface area (Å²) in [5.41, 5.74) is 2.01. The highest BCUT2D eigenvalue weighted by atomic mass is 16.6. The molecule has 310 valence electrons. The predicted octanol–water partition coefficient (Wildman–Crippen LogP) is 8.22. The number of ether oxygens (including phenoxy) is 4. The van der Waals surface area contributed by atoms with E-state index in [0.717, 1.165) is 80.6 Å². The van der Waals surface area contributed by atoms with Crippen molar-refractivity contribution in [2.45, 2.75) is 101 Å². The van der Waals surface area contributed by atoms with Crippen molar-refractivity contribution in [1.82, 2.24) is 19.8 Å². The van der Waals surface area contributed by atoms with Gasteiger partial charge in [-0.25, -0.2) is 0 Å². The number of carbonyl (C=O) groups is 2. The van der Waals surface area contributed by atoms with Crippen LogP contribution in [0.3, 0.4) is 0 Å². The predicted molar refractivity (Wildman–Crippen MR) is 224 cm³/mol. The Kier molecular flexibility index (Phi) is 10.7. The molecule has 2 N–H and O–H groups in total. The van der Waals surface area contributed by atoms with Gasteiger partial charge in [0.15, 0.2) is 0 Å². The molecule has 2 atom stereocenters. The SMILES string of the molecule is CN(C[C@@H](COc1cccc2[nH]ccc12)OC(=O)CCC(=O)O[C@H](COc1cccc2[nH]ccc12)CN(C)C1C2CC3CC(C2)CC1C3)C1C2CC3CC(C2)CC1C3. The molecule has 0 saturated heterocycles. The molecular formula is C48H62N4O6. The lowest BCUT2D eigenvalue weighted by Crippen LogP contribution is -2.56. The van der Waals surface area contributed by atoms with Gasteiger partial charge >= 0.3 is 11.9 Å². The van der Waals surface area contributed by atoms with Crippen molar-refractivity contribution in [2.24, 2.45) is 47.3 Å². The Bertz CT molecular complexity index is 1870. The van der Waals surface area contributed by atoms with Crippen molar-refractivity contribution >= 4 is 33.7 Å². The van der Waals surface area contributed by atoms with Crippen molar-refractivity contribution in [3.05, 3.63) is 60.9 Å². The third kappa shape index (κ3) is 7.87. The van der Waals surface area contributed by atoms with E-state index in [-0.39, 0.29) is 26.1 Å². The zero-order valence-electron chi connectivity index (χ0n) is 34.4. The maximum Gasteiger partial charge on any atom is 0.306 e. The normalized spacial score (nSPS) is 31.7. The summed E-state index contributed by atoms with van der Waals surface area (Å²) in [6.45, 7) is 1.66. The molecule has 0 unspecified atom stereocenters. The monoisotopic (exact) mass is 790 g/mol. The topological polar surface area (TPSA) is 109 Å². The molecule has 0 radical (unpaired) electrons. The lowest BCUT2D eigenvalue weighted by molar-refractivity contribution is -0.160. The molecule has 10 heteroatoms. The van der Waals surface area contributed by atoms with E-state index in [1.54, 1.807) is 0 Å². The number of hydrogen-bond donors (Lipinski definition) is 2. The summed E-state index contributed by atoms with van der Waals surface area (Å²) < 4.78 is 25.2. The molecule has 58 heavy (non-hydrogen) atoms. The fourth-order valence-corrected chi connectivity index (χ4v) is 13.8. The van der Waals surface area contributed by atoms with Crippen molar-refractivity contribution < 1.29 is 28.5 Å². The molecule has 2 heterocycles. The molecule has 2 aromatic heterocycles. The first kappa shape index (κ1) is 38.2. The number of H-pyrrole nitrogens is 2. The molecule has 0 aliphatic heterocycles. The molecule has 4 aromatic rings. The van der Waals surface area contributed by atoms with Crippen LogP contribution in [0.4, 0.5) is 0 Å². The lowest BCUT2D eigenvalue weighted by atomic mass is 9.54. The number of carbonyl (C=O) groups excluding carboxylic acids is 2. The van der Waals surface area contributed by atoms with Gasteiger partial charge < -0.3 is 28.9 Å². The second-order valence-electron chi connectivity index (χ2n) is 19.5. The molecule has 8 aliphatic rings. The van der Waals surface area contributed by atoms with Gasteiger partial charge in [-0.3, -0.25) is 19.4 Å². The molecule has 0 spiro atoms. The van der Waals surface area contributed by atoms with Crippen LogP contribution in [-0.4, -0.2) is 96.4 Å². The summed E-state index contributed by atoms with van der Waals surface area (Å²) in [5, 5.41) is 2.00. The second-order valence-corrected chi connectivity index (χ2v) is 19.5. The smallest absolute Gasteiger partial charge is 0.306 e. The van der Waals surface area contributed by atoms with Gasteiger partial charge in [0, 0.05) is 59.4 Å². The van der Waals surface area contributed by atoms with Crippen molar-refractivity contribution in [3.8, 4) is 11.5 Å². The molecule has 8 bridgehead atoms. The zero-order chi connectivity index (χ0) is 39.3. The minimum absolute atomic E-state index is 0.0495. The number of rotatable bonds is 17. The van der Waals surface area contributed by atoms with Gasteiger partial charge in [0.25, 0.3) is 0 Å². The Balaban J connectivity index is 0.787. The molecule has 8 fully saturated rings. The van der Waals surface area contributed by atoms with Gasteiger partial charge in [0.1, 0.15) is 36.9 Å². The first-order valence-electron chi connectivity index (χ1n) is 22.5. The summed E-state index contributed by atoms with van der Waals surface area (Å²) in [7, 11) is 4.41. The number of aromatic amines is 2. The minimum Gasteiger partial charge on any atom is -0.489 e. The van der Waals surface area contributed by atoms with Crippen molar-refractivity contribution in [1.29, 1.82) is 0 Å². The third-order valence-electron chi connectivity index (χ3n) is 15.4. The average molecular weight is 791 g/mol. The maximum atomic E-state index is 13.6. The van der Waals surface area contributed by atoms with Crippen LogP contribution in [0.5, 0.6) is 11.5 Å². The highest BCUT2D eigenvalue weighted by Crippen LogP contribution is 2.56. The minimum atomic E-state index is -0.480. The number of hydrogen-bond acceptors (Lipinski definition) is 8. The number of nitrogens with one attached hydrogen (secondary N) is 2. The Morgan fingerprint density at radius 2 is 0.948 bits per heavy atom. The summed E-state index contributed by atoms with van der Waals surface area (Å²) in [6, 6.07) is 17.0.